The van der Waals surface area contributed by atoms with E-state index in [1.807, 2.05) is 18.3 Å². The third-order valence-corrected chi connectivity index (χ3v) is 6.37. The van der Waals surface area contributed by atoms with Gasteiger partial charge in [-0.25, -0.2) is 9.78 Å². The first-order valence-corrected chi connectivity index (χ1v) is 11.5. The predicted octanol–water partition coefficient (Wildman–Crippen LogP) is 2.91. The maximum atomic E-state index is 12.3. The minimum absolute atomic E-state index is 0.292. The van der Waals surface area contributed by atoms with Crippen LogP contribution in [0.15, 0.2) is 48.8 Å². The molecule has 33 heavy (non-hydrogen) atoms. The first kappa shape index (κ1) is 23.3. The van der Waals surface area contributed by atoms with Gasteiger partial charge in [-0.1, -0.05) is 26.0 Å². The lowest BCUT2D eigenvalue weighted by atomic mass is 10.0. The highest BCUT2D eigenvalue weighted by Crippen LogP contribution is 2.30. The van der Waals surface area contributed by atoms with Crippen molar-refractivity contribution in [1.29, 1.82) is 0 Å². The van der Waals surface area contributed by atoms with Crippen LogP contribution in [-0.4, -0.2) is 64.8 Å². The predicted molar refractivity (Wildman–Crippen MR) is 129 cm³/mol. The summed E-state index contributed by atoms with van der Waals surface area (Å²) >= 11 is 0. The van der Waals surface area contributed by atoms with Gasteiger partial charge in [-0.3, -0.25) is 4.90 Å². The molecule has 0 aliphatic carbocycles. The van der Waals surface area contributed by atoms with Gasteiger partial charge in [0.2, 0.25) is 0 Å². The van der Waals surface area contributed by atoms with Crippen LogP contribution in [-0.2, 0) is 11.3 Å². The molecule has 1 aliphatic rings. The van der Waals surface area contributed by atoms with Gasteiger partial charge in [-0.2, -0.15) is 0 Å². The van der Waals surface area contributed by atoms with E-state index in [1.165, 1.54) is 12.8 Å². The SMILES string of the molecule is COC(=O)c1ccc(Cn2ccc3c(N4C[C@@H](C)N(CC(C)(C)[O-])[C@@H](C)C4)ccnc32)cc1. The van der Waals surface area contributed by atoms with Crippen LogP contribution in [0.5, 0.6) is 0 Å². The number of hydrogen-bond acceptors (Lipinski definition) is 6. The first-order chi connectivity index (χ1) is 15.7. The number of nitrogens with zero attached hydrogens (tertiary/aromatic N) is 4. The van der Waals surface area contributed by atoms with Crippen molar-refractivity contribution in [1.82, 2.24) is 14.5 Å². The molecule has 0 saturated carbocycles. The van der Waals surface area contributed by atoms with E-state index >= 15 is 0 Å². The Kier molecular flexibility index (Phi) is 6.45. The highest BCUT2D eigenvalue weighted by atomic mass is 16.5. The normalized spacial score (nSPS) is 19.8. The Balaban J connectivity index is 1.55. The number of methoxy groups -OCH3 is 1. The minimum atomic E-state index is -0.957. The third-order valence-electron chi connectivity index (χ3n) is 6.37. The van der Waals surface area contributed by atoms with Crippen molar-refractivity contribution >= 4 is 22.7 Å². The third kappa shape index (κ3) is 5.04. The minimum Gasteiger partial charge on any atom is -0.849 e. The molecule has 2 aromatic heterocycles. The van der Waals surface area contributed by atoms with Crippen molar-refractivity contribution < 1.29 is 14.6 Å². The van der Waals surface area contributed by atoms with Gasteiger partial charge < -0.3 is 19.3 Å². The van der Waals surface area contributed by atoms with Crippen LogP contribution in [0.3, 0.4) is 0 Å². The Hall–Kier alpha value is -2.90. The fourth-order valence-corrected chi connectivity index (χ4v) is 4.85. The molecule has 1 fully saturated rings. The van der Waals surface area contributed by atoms with Gasteiger partial charge in [0.15, 0.2) is 0 Å². The largest absolute Gasteiger partial charge is 0.849 e. The molecule has 4 rings (SSSR count). The van der Waals surface area contributed by atoms with E-state index in [-0.39, 0.29) is 5.97 Å². The number of benzene rings is 1. The summed E-state index contributed by atoms with van der Waals surface area (Å²) in [7, 11) is 1.39. The highest BCUT2D eigenvalue weighted by Gasteiger charge is 2.31. The maximum absolute atomic E-state index is 12.3. The number of hydrogen-bond donors (Lipinski definition) is 0. The zero-order chi connectivity index (χ0) is 23.8. The van der Waals surface area contributed by atoms with Crippen molar-refractivity contribution in [3.05, 3.63) is 59.9 Å². The summed E-state index contributed by atoms with van der Waals surface area (Å²) < 4.78 is 6.91. The van der Waals surface area contributed by atoms with Gasteiger partial charge >= 0.3 is 5.97 Å². The molecule has 7 heteroatoms. The lowest BCUT2D eigenvalue weighted by Gasteiger charge is -2.49. The number of aromatic nitrogens is 2. The molecule has 176 valence electrons. The summed E-state index contributed by atoms with van der Waals surface area (Å²) in [6, 6.07) is 12.3. The zero-order valence-electron chi connectivity index (χ0n) is 20.1. The number of ether oxygens (including phenoxy) is 1. The summed E-state index contributed by atoms with van der Waals surface area (Å²) in [6.07, 6.45) is 3.94. The van der Waals surface area contributed by atoms with E-state index in [4.69, 9.17) is 4.74 Å². The van der Waals surface area contributed by atoms with E-state index in [0.717, 1.165) is 29.7 Å². The smallest absolute Gasteiger partial charge is 0.337 e. The molecule has 0 bridgehead atoms. The molecule has 2 atom stereocenters. The fourth-order valence-electron chi connectivity index (χ4n) is 4.85. The summed E-state index contributed by atoms with van der Waals surface area (Å²) in [4.78, 5) is 21.1. The topological polar surface area (TPSA) is 73.7 Å². The Morgan fingerprint density at radius 3 is 2.39 bits per heavy atom. The van der Waals surface area contributed by atoms with Crippen molar-refractivity contribution in [3.63, 3.8) is 0 Å². The standard InChI is InChI=1S/C26H33N4O3/c1-18-14-29(15-19(2)30(18)17-26(3,4)32)23-10-12-27-24-22(23)11-13-28(24)16-20-6-8-21(9-7-20)25(31)33-5/h6-13,18-19H,14-17H2,1-5H3/q-1/t18-,19+. The first-order valence-electron chi connectivity index (χ1n) is 11.5. The molecule has 0 amide bonds. The number of carbonyl (C=O) groups is 1. The molecular weight excluding hydrogens is 416 g/mol. The highest BCUT2D eigenvalue weighted by molar-refractivity contribution is 5.90. The van der Waals surface area contributed by atoms with Gasteiger partial charge in [-0.05, 0) is 50.2 Å². The molecule has 7 nitrogen and oxygen atoms in total. The average Bonchev–Trinajstić information content (AvgIpc) is 3.18. The Morgan fingerprint density at radius 2 is 1.79 bits per heavy atom. The second-order valence-corrected chi connectivity index (χ2v) is 9.73. The van der Waals surface area contributed by atoms with E-state index in [1.54, 1.807) is 26.0 Å². The number of pyridine rings is 1. The molecular formula is C26H33N4O3-. The summed E-state index contributed by atoms with van der Waals surface area (Å²) in [5.74, 6) is -0.332. The molecule has 0 radical (unpaired) electrons. The monoisotopic (exact) mass is 449 g/mol. The van der Waals surface area contributed by atoms with E-state index in [0.29, 0.717) is 30.7 Å². The Morgan fingerprint density at radius 1 is 1.12 bits per heavy atom. The van der Waals surface area contributed by atoms with Crippen LogP contribution in [0.4, 0.5) is 5.69 Å². The number of carbonyl (C=O) groups excluding carboxylic acids is 1. The van der Waals surface area contributed by atoms with Crippen LogP contribution in [0, 0.1) is 0 Å². The lowest BCUT2D eigenvalue weighted by Crippen LogP contribution is -2.61. The quantitative estimate of drug-likeness (QED) is 0.539. The molecule has 1 saturated heterocycles. The summed E-state index contributed by atoms with van der Waals surface area (Å²) in [6.45, 7) is 10.9. The molecule has 1 aliphatic heterocycles. The summed E-state index contributed by atoms with van der Waals surface area (Å²) in [5.41, 5.74) is 2.79. The fraction of sp³-hybridized carbons (Fsp3) is 0.462. The van der Waals surface area contributed by atoms with Crippen molar-refractivity contribution in [2.75, 3.05) is 31.6 Å². The Labute approximate surface area is 195 Å². The lowest BCUT2D eigenvalue weighted by molar-refractivity contribution is -0.468. The van der Waals surface area contributed by atoms with Crippen LogP contribution in [0.25, 0.3) is 11.0 Å². The van der Waals surface area contributed by atoms with Gasteiger partial charge in [-0.15, -0.1) is 5.60 Å². The van der Waals surface area contributed by atoms with Crippen LogP contribution in [0.1, 0.15) is 43.6 Å². The van der Waals surface area contributed by atoms with Crippen molar-refractivity contribution in [2.24, 2.45) is 0 Å². The zero-order valence-corrected chi connectivity index (χ0v) is 20.1. The number of piperazine rings is 1. The van der Waals surface area contributed by atoms with Crippen LogP contribution >= 0.6 is 0 Å². The van der Waals surface area contributed by atoms with E-state index < -0.39 is 5.60 Å². The second kappa shape index (κ2) is 9.15. The Bertz CT molecular complexity index is 1100. The number of fused-ring (bicyclic) bond motifs is 1. The maximum Gasteiger partial charge on any atom is 0.337 e. The van der Waals surface area contributed by atoms with Gasteiger partial charge in [0.05, 0.1) is 12.7 Å². The second-order valence-electron chi connectivity index (χ2n) is 9.73. The molecule has 1 aromatic carbocycles. The van der Waals surface area contributed by atoms with E-state index in [9.17, 15) is 9.90 Å². The molecule has 0 spiro atoms. The number of anilines is 1. The molecule has 3 aromatic rings. The molecule has 3 heterocycles. The number of rotatable bonds is 6. The van der Waals surface area contributed by atoms with Crippen molar-refractivity contribution in [3.8, 4) is 0 Å². The van der Waals surface area contributed by atoms with Gasteiger partial charge in [0, 0.05) is 55.2 Å². The number of esters is 1. The van der Waals surface area contributed by atoms with Crippen LogP contribution in [0.2, 0.25) is 0 Å². The summed E-state index contributed by atoms with van der Waals surface area (Å²) in [5, 5.41) is 13.4. The van der Waals surface area contributed by atoms with Gasteiger partial charge in [0.1, 0.15) is 5.65 Å². The van der Waals surface area contributed by atoms with Crippen molar-refractivity contribution in [2.45, 2.75) is 51.9 Å². The van der Waals surface area contributed by atoms with Gasteiger partial charge in [0.25, 0.3) is 0 Å². The molecule has 0 unspecified atom stereocenters. The molecule has 0 N–H and O–H groups in total. The van der Waals surface area contributed by atoms with Crippen LogP contribution < -0.4 is 10.0 Å². The van der Waals surface area contributed by atoms with E-state index in [2.05, 4.69) is 51.5 Å². The average molecular weight is 450 g/mol.